The summed E-state index contributed by atoms with van der Waals surface area (Å²) in [6.45, 7) is 4.89. The van der Waals surface area contributed by atoms with Crippen LogP contribution >= 0.6 is 0 Å². The van der Waals surface area contributed by atoms with Gasteiger partial charge in [0.25, 0.3) is 5.56 Å². The van der Waals surface area contributed by atoms with Crippen LogP contribution in [0.5, 0.6) is 0 Å². The first-order valence-corrected chi connectivity index (χ1v) is 9.57. The average molecular weight is 337 g/mol. The zero-order chi connectivity index (χ0) is 17.2. The maximum Gasteiger partial charge on any atom is 0.255 e. The molecule has 1 saturated carbocycles. The van der Waals surface area contributed by atoms with E-state index in [0.717, 1.165) is 55.4 Å². The molecule has 0 radical (unpaired) electrons. The lowest BCUT2D eigenvalue weighted by atomic mass is 9.82. The van der Waals surface area contributed by atoms with Crippen molar-refractivity contribution in [2.24, 2.45) is 5.92 Å². The molecule has 1 aromatic heterocycles. The number of rotatable bonds is 3. The molecule has 4 rings (SSSR count). The van der Waals surface area contributed by atoms with Crippen LogP contribution in [0, 0.1) is 5.92 Å². The molecule has 0 spiro atoms. The Morgan fingerprint density at radius 3 is 2.68 bits per heavy atom. The van der Waals surface area contributed by atoms with Gasteiger partial charge in [0.05, 0.1) is 11.3 Å². The van der Waals surface area contributed by atoms with Gasteiger partial charge in [0.15, 0.2) is 0 Å². The predicted molar refractivity (Wildman–Crippen MR) is 99.5 cm³/mol. The largest absolute Gasteiger partial charge is 0.310 e. The molecule has 0 bridgehead atoms. The third-order valence-electron chi connectivity index (χ3n) is 5.82. The molecular weight excluding hydrogens is 310 g/mol. The number of aromatic nitrogens is 2. The summed E-state index contributed by atoms with van der Waals surface area (Å²) in [7, 11) is 0. The molecule has 25 heavy (non-hydrogen) atoms. The lowest BCUT2D eigenvalue weighted by molar-refractivity contribution is 0.240. The number of aromatic amines is 1. The minimum atomic E-state index is 0.0800. The molecule has 1 aliphatic heterocycles. The Morgan fingerprint density at radius 2 is 1.92 bits per heavy atom. The van der Waals surface area contributed by atoms with Crippen molar-refractivity contribution in [3.8, 4) is 0 Å². The highest BCUT2D eigenvalue weighted by Gasteiger charge is 2.25. The highest BCUT2D eigenvalue weighted by Crippen LogP contribution is 2.34. The summed E-state index contributed by atoms with van der Waals surface area (Å²) >= 11 is 0. The Balaban J connectivity index is 1.50. The number of fused-ring (bicyclic) bond motifs is 1. The van der Waals surface area contributed by atoms with E-state index in [4.69, 9.17) is 4.98 Å². The maximum atomic E-state index is 12.7. The van der Waals surface area contributed by atoms with E-state index in [9.17, 15) is 4.79 Å². The molecule has 132 valence electrons. The molecule has 0 amide bonds. The fourth-order valence-corrected chi connectivity index (χ4v) is 4.20. The van der Waals surface area contributed by atoms with Gasteiger partial charge in [-0.05, 0) is 24.3 Å². The summed E-state index contributed by atoms with van der Waals surface area (Å²) in [4.78, 5) is 23.0. The van der Waals surface area contributed by atoms with Gasteiger partial charge in [0.2, 0.25) is 0 Å². The Hall–Kier alpha value is -1.94. The second-order valence-corrected chi connectivity index (χ2v) is 7.78. The van der Waals surface area contributed by atoms with E-state index in [0.29, 0.717) is 12.5 Å². The van der Waals surface area contributed by atoms with Gasteiger partial charge in [0.1, 0.15) is 5.82 Å². The molecule has 4 nitrogen and oxygen atoms in total. The quantitative estimate of drug-likeness (QED) is 0.930. The number of hydrogen-bond donors (Lipinski definition) is 1. The van der Waals surface area contributed by atoms with Crippen molar-refractivity contribution >= 4 is 0 Å². The maximum absolute atomic E-state index is 12.7. The van der Waals surface area contributed by atoms with Crippen molar-refractivity contribution in [1.82, 2.24) is 14.9 Å². The Labute approximate surface area is 149 Å². The molecule has 1 aliphatic carbocycles. The van der Waals surface area contributed by atoms with Crippen molar-refractivity contribution in [2.75, 3.05) is 6.54 Å². The zero-order valence-electron chi connectivity index (χ0n) is 15.0. The van der Waals surface area contributed by atoms with E-state index in [1.54, 1.807) is 0 Å². The van der Waals surface area contributed by atoms with E-state index in [-0.39, 0.29) is 5.56 Å². The van der Waals surface area contributed by atoms with E-state index >= 15 is 0 Å². The van der Waals surface area contributed by atoms with Crippen LogP contribution in [0.2, 0.25) is 0 Å². The lowest BCUT2D eigenvalue weighted by Crippen LogP contribution is -2.36. The van der Waals surface area contributed by atoms with Gasteiger partial charge >= 0.3 is 0 Å². The van der Waals surface area contributed by atoms with E-state index < -0.39 is 0 Å². The third kappa shape index (κ3) is 3.69. The van der Waals surface area contributed by atoms with Crippen molar-refractivity contribution in [3.63, 3.8) is 0 Å². The van der Waals surface area contributed by atoms with Crippen LogP contribution in [0.15, 0.2) is 35.1 Å². The fourth-order valence-electron chi connectivity index (χ4n) is 4.20. The van der Waals surface area contributed by atoms with Gasteiger partial charge < -0.3 is 4.98 Å². The highest BCUT2D eigenvalue weighted by molar-refractivity contribution is 5.23. The predicted octanol–water partition coefficient (Wildman–Crippen LogP) is 3.62. The fraction of sp³-hybridized carbons (Fsp3) is 0.524. The van der Waals surface area contributed by atoms with Gasteiger partial charge in [-0.1, -0.05) is 50.1 Å². The molecule has 2 aliphatic rings. The monoisotopic (exact) mass is 337 g/mol. The number of H-pyrrole nitrogens is 1. The van der Waals surface area contributed by atoms with Gasteiger partial charge in [-0.25, -0.2) is 4.98 Å². The highest BCUT2D eigenvalue weighted by atomic mass is 16.1. The van der Waals surface area contributed by atoms with E-state index in [1.165, 1.54) is 18.4 Å². The standard InChI is InChI=1S/C21H27N3O/c1-15-7-9-17(10-8-15)20-22-19-11-12-24(14-18(19)21(25)23-20)13-16-5-3-2-4-6-16/h2-6,15,17H,7-14H2,1H3,(H,22,23,25). The second kappa shape index (κ2) is 7.12. The average Bonchev–Trinajstić information content (AvgIpc) is 2.63. The third-order valence-corrected chi connectivity index (χ3v) is 5.82. The molecule has 0 unspecified atom stereocenters. The van der Waals surface area contributed by atoms with Gasteiger partial charge in [-0.3, -0.25) is 9.69 Å². The Bertz CT molecular complexity index is 775. The molecule has 0 saturated heterocycles. The smallest absolute Gasteiger partial charge is 0.255 e. The number of benzene rings is 1. The Kier molecular flexibility index (Phi) is 4.71. The van der Waals surface area contributed by atoms with Gasteiger partial charge in [0, 0.05) is 32.0 Å². The second-order valence-electron chi connectivity index (χ2n) is 7.78. The first-order valence-electron chi connectivity index (χ1n) is 9.57. The van der Waals surface area contributed by atoms with Crippen LogP contribution in [0.1, 0.15) is 61.2 Å². The summed E-state index contributed by atoms with van der Waals surface area (Å²) in [5.74, 6) is 2.19. The van der Waals surface area contributed by atoms with E-state index in [2.05, 4.69) is 41.1 Å². The number of nitrogens with one attached hydrogen (secondary N) is 1. The van der Waals surface area contributed by atoms with Crippen molar-refractivity contribution in [3.05, 3.63) is 63.3 Å². The molecule has 2 heterocycles. The lowest BCUT2D eigenvalue weighted by Gasteiger charge is -2.29. The zero-order valence-corrected chi connectivity index (χ0v) is 15.0. The summed E-state index contributed by atoms with van der Waals surface area (Å²) in [5.41, 5.74) is 3.27. The van der Waals surface area contributed by atoms with Crippen molar-refractivity contribution < 1.29 is 0 Å². The van der Waals surface area contributed by atoms with Crippen molar-refractivity contribution in [1.29, 1.82) is 0 Å². The van der Waals surface area contributed by atoms with Gasteiger partial charge in [-0.15, -0.1) is 0 Å². The normalized spacial score (nSPS) is 24.0. The van der Waals surface area contributed by atoms with Crippen molar-refractivity contribution in [2.45, 2.75) is 58.0 Å². The first-order chi connectivity index (χ1) is 12.2. The summed E-state index contributed by atoms with van der Waals surface area (Å²) in [6, 6.07) is 10.5. The van der Waals surface area contributed by atoms with Crippen LogP contribution < -0.4 is 5.56 Å². The topological polar surface area (TPSA) is 49.0 Å². The minimum absolute atomic E-state index is 0.0800. The van der Waals surface area contributed by atoms with Crippen LogP contribution in [0.4, 0.5) is 0 Å². The van der Waals surface area contributed by atoms with Crippen LogP contribution in [0.3, 0.4) is 0 Å². The summed E-state index contributed by atoms with van der Waals surface area (Å²) in [6.07, 6.45) is 5.68. The molecule has 0 atom stereocenters. The molecular formula is C21H27N3O. The Morgan fingerprint density at radius 1 is 1.16 bits per heavy atom. The van der Waals surface area contributed by atoms with Crippen LogP contribution in [-0.2, 0) is 19.5 Å². The van der Waals surface area contributed by atoms with E-state index in [1.807, 2.05) is 6.07 Å². The molecule has 4 heteroatoms. The first kappa shape index (κ1) is 16.5. The molecule has 1 aromatic carbocycles. The molecule has 1 fully saturated rings. The number of hydrogen-bond acceptors (Lipinski definition) is 3. The minimum Gasteiger partial charge on any atom is -0.310 e. The van der Waals surface area contributed by atoms with Crippen LogP contribution in [-0.4, -0.2) is 21.4 Å². The SMILES string of the molecule is CC1CCC(c2nc3c(c(=O)[nH]2)CN(Cc2ccccc2)CC3)CC1. The number of nitrogens with zero attached hydrogens (tertiary/aromatic N) is 2. The summed E-state index contributed by atoms with van der Waals surface area (Å²) in [5, 5.41) is 0. The molecule has 1 N–H and O–H groups in total. The van der Waals surface area contributed by atoms with Gasteiger partial charge in [-0.2, -0.15) is 0 Å². The summed E-state index contributed by atoms with van der Waals surface area (Å²) < 4.78 is 0. The van der Waals surface area contributed by atoms with Crippen LogP contribution in [0.25, 0.3) is 0 Å². The molecule has 2 aromatic rings.